The van der Waals surface area contributed by atoms with Gasteiger partial charge in [-0.3, -0.25) is 4.79 Å². The number of benzene rings is 3. The average Bonchev–Trinajstić information content (AvgIpc) is 2.73. The number of hydrogen-bond acceptors (Lipinski definition) is 3. The molecule has 0 aliphatic heterocycles. The predicted octanol–water partition coefficient (Wildman–Crippen LogP) is 5.77. The lowest BCUT2D eigenvalue weighted by atomic mass is 10.1. The molecule has 4 nitrogen and oxygen atoms in total. The number of halogens is 1. The monoisotopic (exact) mass is 402 g/mol. The molecule has 0 aliphatic carbocycles. The topological polar surface area (TPSA) is 62.1 Å². The van der Waals surface area contributed by atoms with Crippen molar-refractivity contribution in [1.82, 2.24) is 0 Å². The summed E-state index contributed by atoms with van der Waals surface area (Å²) in [6.07, 6.45) is 1.51. The Morgan fingerprint density at radius 1 is 1.10 bits per heavy atom. The number of carbonyl (C=O) groups excluding carboxylic acids is 1. The number of aryl methyl sites for hydroxylation is 1. The van der Waals surface area contributed by atoms with E-state index in [-0.39, 0.29) is 5.57 Å². The van der Waals surface area contributed by atoms with E-state index in [0.29, 0.717) is 28.6 Å². The molecule has 0 heterocycles. The van der Waals surface area contributed by atoms with Gasteiger partial charge >= 0.3 is 0 Å². The molecule has 1 N–H and O–H groups in total. The first kappa shape index (κ1) is 20.2. The summed E-state index contributed by atoms with van der Waals surface area (Å²) >= 11 is 6.08. The number of nitrogens with one attached hydrogen (secondary N) is 1. The van der Waals surface area contributed by atoms with Crippen molar-refractivity contribution >= 4 is 29.3 Å². The van der Waals surface area contributed by atoms with E-state index in [1.165, 1.54) is 6.08 Å². The van der Waals surface area contributed by atoms with Crippen molar-refractivity contribution < 1.29 is 9.53 Å². The molecule has 29 heavy (non-hydrogen) atoms. The molecule has 0 radical (unpaired) electrons. The highest BCUT2D eigenvalue weighted by Crippen LogP contribution is 2.24. The zero-order valence-electron chi connectivity index (χ0n) is 15.9. The van der Waals surface area contributed by atoms with Gasteiger partial charge in [-0.25, -0.2) is 0 Å². The molecule has 1 amide bonds. The molecule has 0 fully saturated rings. The maximum absolute atomic E-state index is 12.5. The highest BCUT2D eigenvalue weighted by Gasteiger charge is 2.12. The Bertz CT molecular complexity index is 1100. The Morgan fingerprint density at radius 3 is 2.62 bits per heavy atom. The molecule has 144 valence electrons. The van der Waals surface area contributed by atoms with Crippen LogP contribution in [0.2, 0.25) is 5.02 Å². The molecule has 0 aromatic heterocycles. The number of nitriles is 1. The molecule has 3 aromatic carbocycles. The zero-order chi connectivity index (χ0) is 20.6. The Hall–Kier alpha value is -3.55. The number of ether oxygens (including phenoxy) is 1. The fraction of sp³-hybridized carbons (Fsp3) is 0.0833. The molecular formula is C24H19ClN2O2. The second kappa shape index (κ2) is 9.59. The van der Waals surface area contributed by atoms with Crippen LogP contribution in [0.3, 0.4) is 0 Å². The lowest BCUT2D eigenvalue weighted by Gasteiger charge is -2.10. The number of amides is 1. The van der Waals surface area contributed by atoms with E-state index in [1.807, 2.05) is 49.4 Å². The first-order valence-electron chi connectivity index (χ1n) is 9.02. The third kappa shape index (κ3) is 5.47. The van der Waals surface area contributed by atoms with Crippen LogP contribution >= 0.6 is 11.6 Å². The van der Waals surface area contributed by atoms with Crippen LogP contribution in [0.4, 0.5) is 5.69 Å². The molecule has 3 aromatic rings. The Kier molecular flexibility index (Phi) is 6.67. The summed E-state index contributed by atoms with van der Waals surface area (Å²) in [4.78, 5) is 12.5. The van der Waals surface area contributed by atoms with Crippen molar-refractivity contribution in [1.29, 1.82) is 5.26 Å². The van der Waals surface area contributed by atoms with Gasteiger partial charge in [0.25, 0.3) is 5.91 Å². The lowest BCUT2D eigenvalue weighted by Crippen LogP contribution is -2.13. The second-order valence-electron chi connectivity index (χ2n) is 6.42. The lowest BCUT2D eigenvalue weighted by molar-refractivity contribution is -0.112. The van der Waals surface area contributed by atoms with Crippen molar-refractivity contribution in [2.45, 2.75) is 13.5 Å². The minimum absolute atomic E-state index is 0.0449. The summed E-state index contributed by atoms with van der Waals surface area (Å²) in [7, 11) is 0. The third-order valence-corrected chi connectivity index (χ3v) is 4.51. The molecule has 0 atom stereocenters. The number of carbonyl (C=O) groups is 1. The van der Waals surface area contributed by atoms with Crippen LogP contribution < -0.4 is 10.1 Å². The first-order valence-corrected chi connectivity index (χ1v) is 9.39. The Morgan fingerprint density at radius 2 is 1.86 bits per heavy atom. The van der Waals surface area contributed by atoms with Crippen LogP contribution in [-0.2, 0) is 11.4 Å². The van der Waals surface area contributed by atoms with Crippen LogP contribution in [0.25, 0.3) is 6.08 Å². The SMILES string of the molecule is Cc1cccc(COc2ccccc2/C=C(\C#N)C(=O)Nc2ccccc2Cl)c1. The molecule has 0 spiro atoms. The van der Waals surface area contributed by atoms with Crippen molar-refractivity contribution in [2.24, 2.45) is 0 Å². The first-order chi connectivity index (χ1) is 14.1. The van der Waals surface area contributed by atoms with Gasteiger partial charge < -0.3 is 10.1 Å². The Balaban J connectivity index is 1.80. The molecule has 0 unspecified atom stereocenters. The Labute approximate surface area is 175 Å². The molecule has 0 saturated carbocycles. The van der Waals surface area contributed by atoms with Gasteiger partial charge in [-0.15, -0.1) is 0 Å². The highest BCUT2D eigenvalue weighted by atomic mass is 35.5. The van der Waals surface area contributed by atoms with E-state index < -0.39 is 5.91 Å². The summed E-state index contributed by atoms with van der Waals surface area (Å²) in [5.74, 6) is 0.0568. The molecule has 0 saturated heterocycles. The van der Waals surface area contributed by atoms with Gasteiger partial charge in [0.2, 0.25) is 0 Å². The predicted molar refractivity (Wildman–Crippen MR) is 116 cm³/mol. The maximum atomic E-state index is 12.5. The third-order valence-electron chi connectivity index (χ3n) is 4.18. The number of anilines is 1. The minimum atomic E-state index is -0.533. The largest absolute Gasteiger partial charge is 0.488 e. The minimum Gasteiger partial charge on any atom is -0.488 e. The van der Waals surface area contributed by atoms with Crippen molar-refractivity contribution in [3.8, 4) is 11.8 Å². The molecule has 3 rings (SSSR count). The van der Waals surface area contributed by atoms with Gasteiger partial charge in [-0.1, -0.05) is 71.8 Å². The number of para-hydroxylation sites is 2. The van der Waals surface area contributed by atoms with Crippen LogP contribution in [0, 0.1) is 18.3 Å². The van der Waals surface area contributed by atoms with E-state index in [2.05, 4.69) is 11.4 Å². The average molecular weight is 403 g/mol. The highest BCUT2D eigenvalue weighted by molar-refractivity contribution is 6.34. The van der Waals surface area contributed by atoms with E-state index >= 15 is 0 Å². The van der Waals surface area contributed by atoms with E-state index in [1.54, 1.807) is 30.3 Å². The quantitative estimate of drug-likeness (QED) is 0.420. The van der Waals surface area contributed by atoms with Crippen LogP contribution in [0.1, 0.15) is 16.7 Å². The molecular weight excluding hydrogens is 384 g/mol. The van der Waals surface area contributed by atoms with Crippen molar-refractivity contribution in [3.05, 3.63) is 100 Å². The number of hydrogen-bond donors (Lipinski definition) is 1. The smallest absolute Gasteiger partial charge is 0.266 e. The van der Waals surface area contributed by atoms with Crippen LogP contribution in [-0.4, -0.2) is 5.91 Å². The number of rotatable bonds is 6. The van der Waals surface area contributed by atoms with Gasteiger partial charge in [0.1, 0.15) is 24.0 Å². The summed E-state index contributed by atoms with van der Waals surface area (Å²) in [5, 5.41) is 12.5. The summed E-state index contributed by atoms with van der Waals surface area (Å²) in [5.41, 5.74) is 3.25. The van der Waals surface area contributed by atoms with Gasteiger partial charge in [0.15, 0.2) is 0 Å². The van der Waals surface area contributed by atoms with Crippen molar-refractivity contribution in [3.63, 3.8) is 0 Å². The van der Waals surface area contributed by atoms with Crippen LogP contribution in [0.15, 0.2) is 78.4 Å². The van der Waals surface area contributed by atoms with Gasteiger partial charge in [0.05, 0.1) is 10.7 Å². The van der Waals surface area contributed by atoms with Crippen LogP contribution in [0.5, 0.6) is 5.75 Å². The molecule has 0 bridgehead atoms. The fourth-order valence-electron chi connectivity index (χ4n) is 2.75. The van der Waals surface area contributed by atoms with Gasteiger partial charge in [-0.2, -0.15) is 5.26 Å². The van der Waals surface area contributed by atoms with Gasteiger partial charge in [-0.05, 0) is 36.8 Å². The maximum Gasteiger partial charge on any atom is 0.266 e. The normalized spacial score (nSPS) is 10.9. The van der Waals surface area contributed by atoms with E-state index in [0.717, 1.165) is 11.1 Å². The fourth-order valence-corrected chi connectivity index (χ4v) is 2.93. The molecule has 5 heteroatoms. The summed E-state index contributed by atoms with van der Waals surface area (Å²) in [6.45, 7) is 2.41. The summed E-state index contributed by atoms with van der Waals surface area (Å²) < 4.78 is 5.93. The van der Waals surface area contributed by atoms with E-state index in [4.69, 9.17) is 16.3 Å². The van der Waals surface area contributed by atoms with E-state index in [9.17, 15) is 10.1 Å². The van der Waals surface area contributed by atoms with Gasteiger partial charge in [0, 0.05) is 5.56 Å². The summed E-state index contributed by atoms with van der Waals surface area (Å²) in [6, 6.07) is 24.1. The zero-order valence-corrected chi connectivity index (χ0v) is 16.6. The number of nitrogens with zero attached hydrogens (tertiary/aromatic N) is 1. The second-order valence-corrected chi connectivity index (χ2v) is 6.83. The van der Waals surface area contributed by atoms with Crippen molar-refractivity contribution in [2.75, 3.05) is 5.32 Å². The molecule has 0 aliphatic rings. The standard InChI is InChI=1S/C24H19ClN2O2/c1-17-7-6-8-18(13-17)16-29-23-12-5-2-9-19(23)14-20(15-26)24(28)27-22-11-4-3-10-21(22)25/h2-14H,16H2,1H3,(H,27,28)/b20-14+.